The van der Waals surface area contributed by atoms with Gasteiger partial charge < -0.3 is 79.6 Å². The van der Waals surface area contributed by atoms with E-state index >= 15 is 13.2 Å². The zero-order valence-corrected chi connectivity index (χ0v) is 78.0. The lowest BCUT2D eigenvalue weighted by molar-refractivity contribution is 0.0817. The molecule has 2 fully saturated rings. The number of rotatable bonds is 22. The Hall–Kier alpha value is -17.6. The summed E-state index contributed by atoms with van der Waals surface area (Å²) in [6.07, 6.45) is 13.4. The van der Waals surface area contributed by atoms with Crippen LogP contribution >= 0.6 is 0 Å². The van der Waals surface area contributed by atoms with E-state index in [1.54, 1.807) is 111 Å². The first-order chi connectivity index (χ1) is 68.5. The molecule has 2 aliphatic heterocycles. The molecule has 16 aromatic rings. The van der Waals surface area contributed by atoms with Gasteiger partial charge in [0.1, 0.15) is 65.5 Å². The highest BCUT2D eigenvalue weighted by Gasteiger charge is 2.32. The third-order valence-corrected chi connectivity index (χ3v) is 23.5. The number of ether oxygens (including phenoxy) is 4. The van der Waals surface area contributed by atoms with Gasteiger partial charge in [-0.15, -0.1) is 0 Å². The van der Waals surface area contributed by atoms with Gasteiger partial charge in [0.15, 0.2) is 75.4 Å². The van der Waals surface area contributed by atoms with Crippen LogP contribution in [0.5, 0.6) is 46.5 Å². The van der Waals surface area contributed by atoms with Crippen LogP contribution in [0.3, 0.4) is 0 Å². The van der Waals surface area contributed by atoms with Gasteiger partial charge in [-0.2, -0.15) is 5.10 Å². The molecular formula is C101H89F8N27O6. The van der Waals surface area contributed by atoms with E-state index in [1.165, 1.54) is 40.9 Å². The number of allylic oxidation sites excluding steroid dienone is 2. The summed E-state index contributed by atoms with van der Waals surface area (Å²) in [4.78, 5) is 96.2. The second-order valence-corrected chi connectivity index (χ2v) is 33.8. The van der Waals surface area contributed by atoms with Gasteiger partial charge in [-0.3, -0.25) is 24.7 Å². The summed E-state index contributed by atoms with van der Waals surface area (Å²) in [6, 6.07) is 35.0. The third kappa shape index (κ3) is 21.0. The summed E-state index contributed by atoms with van der Waals surface area (Å²) in [7, 11) is 8.40. The Morgan fingerprint density at radius 2 is 0.873 bits per heavy atom. The van der Waals surface area contributed by atoms with Crippen molar-refractivity contribution in [3.8, 4) is 57.8 Å². The highest BCUT2D eigenvalue weighted by molar-refractivity contribution is 6.02. The standard InChI is InChI=1S/C28H31F2N7O2.C27H29F2N7O2.C26H16F2N8O.C20H13F2N5O/c1-5-36-10-12-37(13-11-36)19-8-6-18(7-9-19)34-26-23(28(38)35(3)4)27(32-16-31-26)39-22-15-21(29)25-20(24(22)30)14-17(2)33-25;1-16-13-19-23(29)21(14-20(28)24(19)32-16)38-26-22(27(37)34(2)3)25(30-15-31-26)33-17-5-7-18(8-6-17)36-11-9-35(4)10-12-36;1-13-7-15-16(8-13)23(28)21(10-17(15)27)37-26-24(29-2)25(32-12-33-26)34-22-11-19(35-36-22)14-3-4-18-20(9-14)31-6-5-30-18;1-11-7-12-13(8-11)17(22)15(9-14(12)21)28-20-18(23-2)19(25-10-26-20)27-16-5-3-4-6-24-16/h6-9,14-16,33H,5,10-13H2,1-4H3,(H,31,32,34);5-8,13-15,32H,9-12H2,1-4H3,(H,30,31,33);3-6,8-12H,7H2,1H3,(H2,32,33,34,35,36);3-6,8-10H,7H2,1H3,(H,24,25,26,27). The summed E-state index contributed by atoms with van der Waals surface area (Å²) in [5, 5.41) is 19.4. The second kappa shape index (κ2) is 41.8. The molecule has 9 aromatic heterocycles. The largest absolute Gasteiger partial charge is 0.446 e. The molecule has 0 saturated carbocycles. The van der Waals surface area contributed by atoms with Gasteiger partial charge in [0, 0.05) is 202 Å². The number of amides is 2. The average molecular weight is 1930 g/mol. The predicted octanol–water partition coefficient (Wildman–Crippen LogP) is 20.8. The topological polar surface area (TPSA) is 349 Å². The highest BCUT2D eigenvalue weighted by Crippen LogP contribution is 2.45. The van der Waals surface area contributed by atoms with E-state index in [0.29, 0.717) is 58.5 Å². The van der Waals surface area contributed by atoms with Gasteiger partial charge in [-0.1, -0.05) is 42.4 Å². The minimum atomic E-state index is -0.762. The van der Waals surface area contributed by atoms with Crippen LogP contribution in [0, 0.1) is 73.5 Å². The molecule has 7 N–H and O–H groups in total. The van der Waals surface area contributed by atoms with E-state index in [9.17, 15) is 31.5 Å². The average Bonchev–Trinajstić information content (AvgIpc) is 1.75. The number of anilines is 10. The van der Waals surface area contributed by atoms with Crippen molar-refractivity contribution in [2.24, 2.45) is 0 Å². The van der Waals surface area contributed by atoms with E-state index < -0.39 is 58.4 Å². The Bertz CT molecular complexity index is 7670. The van der Waals surface area contributed by atoms with Crippen molar-refractivity contribution >= 4 is 126 Å². The molecule has 2 aliphatic carbocycles. The zero-order chi connectivity index (χ0) is 99.8. The lowest BCUT2D eigenvalue weighted by Gasteiger charge is -2.35. The van der Waals surface area contributed by atoms with Crippen LogP contribution in [0.15, 0.2) is 182 Å². The van der Waals surface area contributed by atoms with Crippen molar-refractivity contribution in [3.63, 3.8) is 0 Å². The molecule has 2 amide bonds. The van der Waals surface area contributed by atoms with Gasteiger partial charge in [0.2, 0.25) is 23.5 Å². The number of H-pyrrole nitrogens is 3. The Morgan fingerprint density at radius 1 is 0.444 bits per heavy atom. The quantitative estimate of drug-likeness (QED) is 0.0245. The van der Waals surface area contributed by atoms with E-state index in [2.05, 4.69) is 140 Å². The van der Waals surface area contributed by atoms with Crippen molar-refractivity contribution < 1.29 is 63.7 Å². The fraction of sp³-hybridized carbons (Fsp3) is 0.208. The van der Waals surface area contributed by atoms with Crippen molar-refractivity contribution in [1.29, 1.82) is 0 Å². The van der Waals surface area contributed by atoms with Crippen molar-refractivity contribution in [2.45, 2.75) is 47.5 Å². The molecule has 0 spiro atoms. The first-order valence-corrected chi connectivity index (χ1v) is 44.5. The first-order valence-electron chi connectivity index (χ1n) is 44.5. The number of hydrogen-bond acceptors (Lipinski definition) is 26. The number of hydrogen-bond donors (Lipinski definition) is 7. The molecule has 33 nitrogen and oxygen atoms in total. The number of piperazine rings is 2. The van der Waals surface area contributed by atoms with Crippen LogP contribution in [-0.4, -0.2) is 201 Å². The van der Waals surface area contributed by atoms with Gasteiger partial charge in [0.25, 0.3) is 23.2 Å². The van der Waals surface area contributed by atoms with Crippen molar-refractivity contribution in [1.82, 2.24) is 94.6 Å². The molecule has 0 atom stereocenters. The van der Waals surface area contributed by atoms with Gasteiger partial charge >= 0.3 is 0 Å². The summed E-state index contributed by atoms with van der Waals surface area (Å²) in [5.74, 6) is -7.17. The Balaban J connectivity index is 0.000000131. The number of aryl methyl sites for hydroxylation is 2. The summed E-state index contributed by atoms with van der Waals surface area (Å²) in [5.41, 5.74) is 10.3. The normalized spacial score (nSPS) is 13.2. The molecular weight excluding hydrogens is 1840 g/mol. The maximum atomic E-state index is 15.2. The number of benzene rings is 7. The molecule has 11 heterocycles. The molecule has 142 heavy (non-hydrogen) atoms. The van der Waals surface area contributed by atoms with Crippen LogP contribution in [0.1, 0.15) is 75.1 Å². The molecule has 41 heteroatoms. The Labute approximate surface area is 807 Å². The number of aromatic amines is 3. The zero-order valence-electron chi connectivity index (χ0n) is 78.0. The molecule has 0 bridgehead atoms. The smallest absolute Gasteiger partial charge is 0.288 e. The number of nitrogens with one attached hydrogen (secondary N) is 7. The van der Waals surface area contributed by atoms with Crippen LogP contribution in [-0.2, 0) is 12.8 Å². The van der Waals surface area contributed by atoms with Gasteiger partial charge in [0.05, 0.1) is 40.9 Å². The van der Waals surface area contributed by atoms with Crippen molar-refractivity contribution in [3.05, 3.63) is 297 Å². The molecule has 4 aliphatic rings. The molecule has 7 aromatic carbocycles. The minimum Gasteiger partial charge on any atom is -0.446 e. The van der Waals surface area contributed by atoms with Crippen LogP contribution in [0.2, 0.25) is 0 Å². The minimum absolute atomic E-state index is 0.00702. The van der Waals surface area contributed by atoms with Crippen molar-refractivity contribution in [2.75, 3.05) is 125 Å². The van der Waals surface area contributed by atoms with E-state index in [1.807, 2.05) is 66.7 Å². The fourth-order valence-corrected chi connectivity index (χ4v) is 16.2. The number of carbonyl (C=O) groups is 2. The number of likely N-dealkylation sites (N-methyl/N-ethyl adjacent to an activating group) is 2. The van der Waals surface area contributed by atoms with Crippen LogP contribution in [0.25, 0.3) is 65.9 Å². The number of carbonyl (C=O) groups excluding carboxylic acids is 2. The number of fused-ring (bicyclic) bond motifs is 5. The monoisotopic (exact) mass is 1930 g/mol. The number of nitrogens with zero attached hydrogens (tertiary/aromatic N) is 20. The lowest BCUT2D eigenvalue weighted by Crippen LogP contribution is -2.46. The third-order valence-electron chi connectivity index (χ3n) is 23.5. The Kier molecular flexibility index (Phi) is 28.3. The second-order valence-electron chi connectivity index (χ2n) is 33.8. The Morgan fingerprint density at radius 3 is 1.32 bits per heavy atom. The SMILES string of the molecule is CCN1CCN(c2ccc(Nc3ncnc(Oc4cc(F)c5[nH]c(C)cc5c4F)c3C(=O)N(C)C)cc2)CC1.Cc1cc2c(F)c(Oc3ncnc(Nc4ccc(N5CCN(C)CC5)cc4)c3C(=O)N(C)C)cc(F)c2[nH]1.[C-]#[N+]c1c(Nc2cc(-c3ccc4nccnc4c3)[nH]n2)ncnc1Oc1cc(F)c2c(c1F)C=C(C)C2.[C-]#[N+]c1c(Nc2ccccn2)ncnc1Oc1cc(F)c2c(c1F)C=C(C)C2. The van der Waals surface area contributed by atoms with Crippen LogP contribution < -0.4 is 50.0 Å². The molecule has 0 radical (unpaired) electrons. The predicted molar refractivity (Wildman–Crippen MR) is 522 cm³/mol. The molecule has 0 unspecified atom stereocenters. The fourth-order valence-electron chi connectivity index (χ4n) is 16.2. The summed E-state index contributed by atoms with van der Waals surface area (Å²) in [6.45, 7) is 33.1. The molecule has 20 rings (SSSR count). The number of pyridine rings is 1. The maximum Gasteiger partial charge on any atom is 0.288 e. The highest BCUT2D eigenvalue weighted by atomic mass is 19.2. The maximum absolute atomic E-state index is 15.2. The van der Waals surface area contributed by atoms with Gasteiger partial charge in [-0.25, -0.2) is 89.7 Å². The first kappa shape index (κ1) is 96.1. The lowest BCUT2D eigenvalue weighted by atomic mass is 10.1. The molecule has 2 saturated heterocycles. The van der Waals surface area contributed by atoms with Gasteiger partial charge in [-0.05, 0) is 139 Å². The number of aromatic nitrogens is 15. The molecule has 720 valence electrons. The van der Waals surface area contributed by atoms with E-state index in [-0.39, 0.29) is 131 Å². The summed E-state index contributed by atoms with van der Waals surface area (Å²) < 4.78 is 141. The summed E-state index contributed by atoms with van der Waals surface area (Å²) >= 11 is 0. The van der Waals surface area contributed by atoms with E-state index in [4.69, 9.17) is 32.1 Å². The number of halogens is 8. The van der Waals surface area contributed by atoms with Crippen LogP contribution in [0.4, 0.5) is 104 Å². The van der Waals surface area contributed by atoms with E-state index in [0.717, 1.165) is 129 Å².